The first-order valence-corrected chi connectivity index (χ1v) is 6.67. The lowest BCUT2D eigenvalue weighted by atomic mass is 10.3. The van der Waals surface area contributed by atoms with Gasteiger partial charge in [-0.1, -0.05) is 0 Å². The van der Waals surface area contributed by atoms with Crippen molar-refractivity contribution in [2.24, 2.45) is 5.84 Å². The molecule has 2 heterocycles. The van der Waals surface area contributed by atoms with Crippen molar-refractivity contribution in [2.45, 2.75) is 12.5 Å². The van der Waals surface area contributed by atoms with Crippen molar-refractivity contribution in [1.29, 1.82) is 0 Å². The van der Waals surface area contributed by atoms with E-state index in [9.17, 15) is 8.42 Å². The van der Waals surface area contributed by atoms with E-state index in [1.165, 1.54) is 12.4 Å². The van der Waals surface area contributed by atoms with Gasteiger partial charge in [-0.2, -0.15) is 0 Å². The number of hydrogen-bond donors (Lipinski definition) is 3. The van der Waals surface area contributed by atoms with Gasteiger partial charge in [0, 0.05) is 6.04 Å². The van der Waals surface area contributed by atoms with Crippen molar-refractivity contribution < 1.29 is 8.42 Å². The van der Waals surface area contributed by atoms with E-state index >= 15 is 0 Å². The predicted molar refractivity (Wildman–Crippen MR) is 60.5 cm³/mol. The molecule has 16 heavy (non-hydrogen) atoms. The van der Waals surface area contributed by atoms with Crippen LogP contribution >= 0.6 is 0 Å². The Morgan fingerprint density at radius 1 is 1.38 bits per heavy atom. The minimum atomic E-state index is -2.88. The van der Waals surface area contributed by atoms with E-state index in [0.29, 0.717) is 18.1 Å². The number of sulfone groups is 1. The Morgan fingerprint density at radius 2 is 2.12 bits per heavy atom. The molecule has 0 aromatic carbocycles. The molecule has 1 aromatic rings. The number of nitrogens with zero attached hydrogens (tertiary/aromatic N) is 2. The number of nitrogens with one attached hydrogen (secondary N) is 2. The van der Waals surface area contributed by atoms with Gasteiger partial charge in [0.05, 0.1) is 23.9 Å². The van der Waals surface area contributed by atoms with E-state index in [4.69, 9.17) is 5.84 Å². The highest BCUT2D eigenvalue weighted by Gasteiger charge is 2.27. The van der Waals surface area contributed by atoms with Crippen LogP contribution in [-0.4, -0.2) is 35.9 Å². The average molecular weight is 243 g/mol. The third-order valence-corrected chi connectivity index (χ3v) is 4.13. The molecular weight excluding hydrogens is 230 g/mol. The summed E-state index contributed by atoms with van der Waals surface area (Å²) in [6, 6.07) is -0.0904. The molecule has 0 spiro atoms. The molecule has 1 atom stereocenters. The van der Waals surface area contributed by atoms with Gasteiger partial charge >= 0.3 is 0 Å². The first-order valence-electron chi connectivity index (χ1n) is 4.85. The molecule has 1 fully saturated rings. The zero-order valence-corrected chi connectivity index (χ0v) is 9.37. The average Bonchev–Trinajstić information content (AvgIpc) is 2.58. The van der Waals surface area contributed by atoms with E-state index in [2.05, 4.69) is 20.7 Å². The van der Waals surface area contributed by atoms with Crippen LogP contribution in [0.15, 0.2) is 12.4 Å². The maximum absolute atomic E-state index is 11.2. The van der Waals surface area contributed by atoms with E-state index in [1.807, 2.05) is 0 Å². The number of aromatic nitrogens is 2. The summed E-state index contributed by atoms with van der Waals surface area (Å²) in [7, 11) is -2.88. The third-order valence-electron chi connectivity index (χ3n) is 2.37. The molecule has 1 saturated heterocycles. The highest BCUT2D eigenvalue weighted by molar-refractivity contribution is 7.91. The van der Waals surface area contributed by atoms with Gasteiger partial charge in [-0.3, -0.25) is 4.98 Å². The Morgan fingerprint density at radius 3 is 2.75 bits per heavy atom. The normalized spacial score (nSPS) is 22.9. The molecular formula is C8H13N5O2S. The Kier molecular flexibility index (Phi) is 2.92. The molecule has 0 amide bonds. The van der Waals surface area contributed by atoms with Crippen LogP contribution in [0, 0.1) is 0 Å². The summed E-state index contributed by atoms with van der Waals surface area (Å²) in [5, 5.41) is 3.02. The van der Waals surface area contributed by atoms with Crippen LogP contribution in [0.5, 0.6) is 0 Å². The number of anilines is 2. The van der Waals surface area contributed by atoms with Crippen molar-refractivity contribution in [2.75, 3.05) is 22.2 Å². The molecule has 1 aromatic heterocycles. The summed E-state index contributed by atoms with van der Waals surface area (Å²) in [4.78, 5) is 8.01. The number of hydrazine groups is 1. The zero-order chi connectivity index (χ0) is 11.6. The lowest BCUT2D eigenvalue weighted by Gasteiger charge is -2.11. The molecule has 2 rings (SSSR count). The van der Waals surface area contributed by atoms with E-state index in [-0.39, 0.29) is 17.5 Å². The van der Waals surface area contributed by atoms with Crippen LogP contribution in [0.2, 0.25) is 0 Å². The van der Waals surface area contributed by atoms with Gasteiger partial charge in [-0.05, 0) is 6.42 Å². The fourth-order valence-electron chi connectivity index (χ4n) is 1.62. The molecule has 4 N–H and O–H groups in total. The second-order valence-corrected chi connectivity index (χ2v) is 5.91. The quantitative estimate of drug-likeness (QED) is 0.478. The Balaban J connectivity index is 2.04. The van der Waals surface area contributed by atoms with E-state index in [1.54, 1.807) is 0 Å². The van der Waals surface area contributed by atoms with Gasteiger partial charge in [0.15, 0.2) is 15.7 Å². The summed E-state index contributed by atoms with van der Waals surface area (Å²) in [5.41, 5.74) is 2.38. The Hall–Kier alpha value is -1.41. The molecule has 0 bridgehead atoms. The first-order chi connectivity index (χ1) is 7.59. The van der Waals surface area contributed by atoms with E-state index in [0.717, 1.165) is 0 Å². The van der Waals surface area contributed by atoms with Crippen LogP contribution in [0.4, 0.5) is 11.6 Å². The van der Waals surface area contributed by atoms with Crippen molar-refractivity contribution in [3.63, 3.8) is 0 Å². The minimum Gasteiger partial charge on any atom is -0.365 e. The monoisotopic (exact) mass is 243 g/mol. The number of rotatable bonds is 3. The topological polar surface area (TPSA) is 110 Å². The van der Waals surface area contributed by atoms with Crippen molar-refractivity contribution >= 4 is 21.5 Å². The van der Waals surface area contributed by atoms with Gasteiger partial charge < -0.3 is 10.7 Å². The highest BCUT2D eigenvalue weighted by Crippen LogP contribution is 2.16. The van der Waals surface area contributed by atoms with Crippen molar-refractivity contribution in [1.82, 2.24) is 9.97 Å². The van der Waals surface area contributed by atoms with Gasteiger partial charge in [-0.15, -0.1) is 0 Å². The molecule has 1 unspecified atom stereocenters. The standard InChI is InChI=1S/C8H13N5O2S/c9-13-8-4-10-3-7(12-8)11-6-1-2-16(14,15)5-6/h3-4,6H,1-2,5,9H2,(H2,11,12,13). The molecule has 8 heteroatoms. The van der Waals surface area contributed by atoms with Crippen molar-refractivity contribution in [3.05, 3.63) is 12.4 Å². The minimum absolute atomic E-state index is 0.0904. The molecule has 1 aliphatic rings. The van der Waals surface area contributed by atoms with Gasteiger partial charge in [0.25, 0.3) is 0 Å². The molecule has 0 radical (unpaired) electrons. The molecule has 7 nitrogen and oxygen atoms in total. The highest BCUT2D eigenvalue weighted by atomic mass is 32.2. The summed E-state index contributed by atoms with van der Waals surface area (Å²) in [6.45, 7) is 0. The van der Waals surface area contributed by atoms with Crippen LogP contribution in [0.3, 0.4) is 0 Å². The maximum Gasteiger partial charge on any atom is 0.160 e. The fourth-order valence-corrected chi connectivity index (χ4v) is 3.30. The molecule has 0 saturated carbocycles. The molecule has 1 aliphatic heterocycles. The second kappa shape index (κ2) is 4.22. The number of nitrogen functional groups attached to an aromatic ring is 1. The maximum atomic E-state index is 11.2. The number of hydrogen-bond acceptors (Lipinski definition) is 7. The lowest BCUT2D eigenvalue weighted by Crippen LogP contribution is -2.21. The Labute approximate surface area is 93.4 Å². The summed E-state index contributed by atoms with van der Waals surface area (Å²) < 4.78 is 22.5. The summed E-state index contributed by atoms with van der Waals surface area (Å²) in [6.07, 6.45) is 3.62. The summed E-state index contributed by atoms with van der Waals surface area (Å²) >= 11 is 0. The first kappa shape index (κ1) is 11.1. The SMILES string of the molecule is NNc1cncc(NC2CCS(=O)(=O)C2)n1. The third kappa shape index (κ3) is 2.58. The van der Waals surface area contributed by atoms with Crippen LogP contribution < -0.4 is 16.6 Å². The van der Waals surface area contributed by atoms with Gasteiger partial charge in [0.1, 0.15) is 5.82 Å². The van der Waals surface area contributed by atoms with Gasteiger partial charge in [-0.25, -0.2) is 19.2 Å². The zero-order valence-electron chi connectivity index (χ0n) is 8.55. The molecule has 88 valence electrons. The van der Waals surface area contributed by atoms with Crippen LogP contribution in [0.1, 0.15) is 6.42 Å². The van der Waals surface area contributed by atoms with Crippen molar-refractivity contribution in [3.8, 4) is 0 Å². The fraction of sp³-hybridized carbons (Fsp3) is 0.500. The van der Waals surface area contributed by atoms with Crippen LogP contribution in [-0.2, 0) is 9.84 Å². The summed E-state index contributed by atoms with van der Waals surface area (Å²) in [5.74, 6) is 6.53. The second-order valence-electron chi connectivity index (χ2n) is 3.68. The Bertz CT molecular complexity index is 475. The van der Waals surface area contributed by atoms with Crippen LogP contribution in [0.25, 0.3) is 0 Å². The smallest absolute Gasteiger partial charge is 0.160 e. The van der Waals surface area contributed by atoms with Gasteiger partial charge in [0.2, 0.25) is 0 Å². The number of nitrogens with two attached hydrogens (primary N) is 1. The molecule has 0 aliphatic carbocycles. The predicted octanol–water partition coefficient (Wildman–Crippen LogP) is -0.639. The van der Waals surface area contributed by atoms with E-state index < -0.39 is 9.84 Å². The lowest BCUT2D eigenvalue weighted by molar-refractivity contribution is 0.602. The largest absolute Gasteiger partial charge is 0.365 e.